The summed E-state index contributed by atoms with van der Waals surface area (Å²) in [6.07, 6.45) is 3.03. The minimum atomic E-state index is -0.550. The number of carbonyl (C=O) groups excluding carboxylic acids is 2. The zero-order valence-electron chi connectivity index (χ0n) is 15.2. The Balaban J connectivity index is 2.02. The molecule has 2 rings (SSSR count). The number of likely N-dealkylation sites (tertiary alicyclic amines) is 1. The van der Waals surface area contributed by atoms with Crippen LogP contribution in [-0.4, -0.2) is 41.9 Å². The van der Waals surface area contributed by atoms with E-state index in [0.717, 1.165) is 38.0 Å². The first-order valence-electron chi connectivity index (χ1n) is 8.96. The van der Waals surface area contributed by atoms with Crippen molar-refractivity contribution in [2.45, 2.75) is 59.0 Å². The standard InChI is InChI=1S/C19H29N3O2/c1-5-21(6-2)17-12-10-16(11-13-17)20-18(23)19(24)22-14(3)8-7-9-15(22)4/h10-15H,5-9H2,1-4H3,(H,20,23). The van der Waals surface area contributed by atoms with Crippen LogP contribution in [0.1, 0.15) is 47.0 Å². The van der Waals surface area contributed by atoms with Crippen molar-refractivity contribution < 1.29 is 9.59 Å². The van der Waals surface area contributed by atoms with Crippen molar-refractivity contribution in [1.29, 1.82) is 0 Å². The molecule has 0 saturated carbocycles. The van der Waals surface area contributed by atoms with Gasteiger partial charge in [-0.25, -0.2) is 0 Å². The number of nitrogens with one attached hydrogen (secondary N) is 1. The summed E-state index contributed by atoms with van der Waals surface area (Å²) >= 11 is 0. The van der Waals surface area contributed by atoms with Crippen LogP contribution in [0.3, 0.4) is 0 Å². The van der Waals surface area contributed by atoms with Gasteiger partial charge in [-0.3, -0.25) is 9.59 Å². The van der Waals surface area contributed by atoms with Crippen molar-refractivity contribution in [3.05, 3.63) is 24.3 Å². The number of amides is 2. The second-order valence-corrected chi connectivity index (χ2v) is 6.51. The van der Waals surface area contributed by atoms with Crippen molar-refractivity contribution in [2.75, 3.05) is 23.3 Å². The molecule has 1 aliphatic heterocycles. The number of carbonyl (C=O) groups is 2. The summed E-state index contributed by atoms with van der Waals surface area (Å²) in [4.78, 5) is 28.8. The van der Waals surface area contributed by atoms with Gasteiger partial charge in [0.05, 0.1) is 0 Å². The number of hydrogen-bond acceptors (Lipinski definition) is 3. The fourth-order valence-electron chi connectivity index (χ4n) is 3.47. The van der Waals surface area contributed by atoms with Crippen molar-refractivity contribution in [2.24, 2.45) is 0 Å². The molecule has 24 heavy (non-hydrogen) atoms. The zero-order chi connectivity index (χ0) is 17.7. The largest absolute Gasteiger partial charge is 0.372 e. The van der Waals surface area contributed by atoms with E-state index in [2.05, 4.69) is 24.1 Å². The highest BCUT2D eigenvalue weighted by Crippen LogP contribution is 2.23. The van der Waals surface area contributed by atoms with Crippen LogP contribution in [0.25, 0.3) is 0 Å². The van der Waals surface area contributed by atoms with Gasteiger partial charge in [0, 0.05) is 36.5 Å². The van der Waals surface area contributed by atoms with Crippen LogP contribution >= 0.6 is 0 Å². The van der Waals surface area contributed by atoms with Gasteiger partial charge < -0.3 is 15.1 Å². The molecule has 0 aliphatic carbocycles. The predicted molar refractivity (Wildman–Crippen MR) is 98.3 cm³/mol. The molecule has 1 aromatic rings. The Kier molecular flexibility index (Phi) is 6.23. The average molecular weight is 331 g/mol. The number of anilines is 2. The van der Waals surface area contributed by atoms with Gasteiger partial charge in [0.1, 0.15) is 0 Å². The van der Waals surface area contributed by atoms with E-state index in [9.17, 15) is 9.59 Å². The SMILES string of the molecule is CCN(CC)c1ccc(NC(=O)C(=O)N2C(C)CCCC2C)cc1. The van der Waals surface area contributed by atoms with Crippen LogP contribution in [0.2, 0.25) is 0 Å². The third-order valence-corrected chi connectivity index (χ3v) is 4.88. The van der Waals surface area contributed by atoms with Crippen molar-refractivity contribution >= 4 is 23.2 Å². The topological polar surface area (TPSA) is 52.7 Å². The van der Waals surface area contributed by atoms with Gasteiger partial charge in [-0.15, -0.1) is 0 Å². The van der Waals surface area contributed by atoms with Crippen LogP contribution in [-0.2, 0) is 9.59 Å². The van der Waals surface area contributed by atoms with Gasteiger partial charge in [0.25, 0.3) is 0 Å². The Hall–Kier alpha value is -2.04. The highest BCUT2D eigenvalue weighted by Gasteiger charge is 2.32. The summed E-state index contributed by atoms with van der Waals surface area (Å²) in [6, 6.07) is 7.89. The van der Waals surface area contributed by atoms with Crippen LogP contribution in [0.15, 0.2) is 24.3 Å². The van der Waals surface area contributed by atoms with E-state index in [0.29, 0.717) is 5.69 Å². The Bertz CT molecular complexity index is 556. The lowest BCUT2D eigenvalue weighted by Crippen LogP contribution is -2.51. The molecule has 1 aliphatic rings. The van der Waals surface area contributed by atoms with E-state index in [1.807, 2.05) is 38.1 Å². The molecule has 1 fully saturated rings. The quantitative estimate of drug-likeness (QED) is 0.862. The summed E-state index contributed by atoms with van der Waals surface area (Å²) < 4.78 is 0. The van der Waals surface area contributed by atoms with Gasteiger partial charge >= 0.3 is 11.8 Å². The van der Waals surface area contributed by atoms with E-state index < -0.39 is 11.8 Å². The molecule has 0 aromatic heterocycles. The number of nitrogens with zero attached hydrogens (tertiary/aromatic N) is 2. The summed E-state index contributed by atoms with van der Waals surface area (Å²) in [6.45, 7) is 10.1. The Morgan fingerprint density at radius 1 is 1.08 bits per heavy atom. The molecule has 1 saturated heterocycles. The molecule has 2 atom stereocenters. The van der Waals surface area contributed by atoms with Crippen molar-refractivity contribution in [3.63, 3.8) is 0 Å². The summed E-state index contributed by atoms with van der Waals surface area (Å²) in [5.74, 6) is -0.978. The van der Waals surface area contributed by atoms with Gasteiger partial charge in [0.2, 0.25) is 0 Å². The maximum atomic E-state index is 12.5. The molecule has 0 bridgehead atoms. The second-order valence-electron chi connectivity index (χ2n) is 6.51. The molecule has 5 nitrogen and oxygen atoms in total. The van der Waals surface area contributed by atoms with E-state index in [1.54, 1.807) is 4.90 Å². The fourth-order valence-corrected chi connectivity index (χ4v) is 3.47. The van der Waals surface area contributed by atoms with Crippen LogP contribution in [0.5, 0.6) is 0 Å². The Morgan fingerprint density at radius 2 is 1.62 bits per heavy atom. The van der Waals surface area contributed by atoms with Crippen LogP contribution in [0, 0.1) is 0 Å². The Labute approximate surface area is 145 Å². The minimum Gasteiger partial charge on any atom is -0.372 e. The lowest BCUT2D eigenvalue weighted by molar-refractivity contribution is -0.147. The maximum Gasteiger partial charge on any atom is 0.313 e. The molecule has 0 radical (unpaired) electrons. The van der Waals surface area contributed by atoms with Gasteiger partial charge in [0.15, 0.2) is 0 Å². The van der Waals surface area contributed by atoms with Gasteiger partial charge in [-0.2, -0.15) is 0 Å². The maximum absolute atomic E-state index is 12.5. The number of benzene rings is 1. The molecule has 132 valence electrons. The van der Waals surface area contributed by atoms with Gasteiger partial charge in [-0.05, 0) is 71.2 Å². The smallest absolute Gasteiger partial charge is 0.313 e. The van der Waals surface area contributed by atoms with Crippen LogP contribution in [0.4, 0.5) is 11.4 Å². The molecule has 5 heteroatoms. The predicted octanol–water partition coefficient (Wildman–Crippen LogP) is 3.26. The first-order valence-corrected chi connectivity index (χ1v) is 8.96. The second kappa shape index (κ2) is 8.18. The number of hydrogen-bond donors (Lipinski definition) is 1. The highest BCUT2D eigenvalue weighted by molar-refractivity contribution is 6.39. The molecule has 1 N–H and O–H groups in total. The monoisotopic (exact) mass is 331 g/mol. The molecule has 2 unspecified atom stereocenters. The van der Waals surface area contributed by atoms with Crippen molar-refractivity contribution in [3.8, 4) is 0 Å². The summed E-state index contributed by atoms with van der Waals surface area (Å²) in [7, 11) is 0. The van der Waals surface area contributed by atoms with E-state index in [4.69, 9.17) is 0 Å². The van der Waals surface area contributed by atoms with E-state index >= 15 is 0 Å². The molecule has 0 spiro atoms. The average Bonchev–Trinajstić information content (AvgIpc) is 2.57. The molecular formula is C19H29N3O2. The first-order chi connectivity index (χ1) is 11.5. The van der Waals surface area contributed by atoms with Crippen LogP contribution < -0.4 is 10.2 Å². The highest BCUT2D eigenvalue weighted by atomic mass is 16.2. The van der Waals surface area contributed by atoms with E-state index in [1.165, 1.54) is 0 Å². The minimum absolute atomic E-state index is 0.122. The fraction of sp³-hybridized carbons (Fsp3) is 0.579. The lowest BCUT2D eigenvalue weighted by Gasteiger charge is -2.38. The summed E-state index contributed by atoms with van der Waals surface area (Å²) in [5, 5.41) is 2.73. The number of rotatable bonds is 4. The Morgan fingerprint density at radius 3 is 2.12 bits per heavy atom. The third-order valence-electron chi connectivity index (χ3n) is 4.88. The summed E-state index contributed by atoms with van der Waals surface area (Å²) in [5.41, 5.74) is 1.77. The lowest BCUT2D eigenvalue weighted by atomic mass is 9.97. The third kappa shape index (κ3) is 4.08. The molecule has 1 aromatic carbocycles. The van der Waals surface area contributed by atoms with Crippen molar-refractivity contribution in [1.82, 2.24) is 4.90 Å². The number of piperidine rings is 1. The van der Waals surface area contributed by atoms with Gasteiger partial charge in [-0.1, -0.05) is 0 Å². The molecule has 2 amide bonds. The molecular weight excluding hydrogens is 302 g/mol. The molecule has 1 heterocycles. The normalized spacial score (nSPS) is 20.6. The first kappa shape index (κ1) is 18.3. The zero-order valence-corrected chi connectivity index (χ0v) is 15.2. The van der Waals surface area contributed by atoms with E-state index in [-0.39, 0.29) is 12.1 Å².